The highest BCUT2D eigenvalue weighted by Crippen LogP contribution is 2.35. The lowest BCUT2D eigenvalue weighted by molar-refractivity contribution is 0.415. The van der Waals surface area contributed by atoms with Gasteiger partial charge in [0.05, 0.1) is 18.5 Å². The Labute approximate surface area is 135 Å². The van der Waals surface area contributed by atoms with E-state index in [0.29, 0.717) is 0 Å². The summed E-state index contributed by atoms with van der Waals surface area (Å²) in [4.78, 5) is 0. The van der Waals surface area contributed by atoms with E-state index in [1.807, 2.05) is 16.8 Å². The average Bonchev–Trinajstić information content (AvgIpc) is 3.18. The summed E-state index contributed by atoms with van der Waals surface area (Å²) in [5.74, 6) is 1.98. The molecule has 0 amide bonds. The van der Waals surface area contributed by atoms with Crippen molar-refractivity contribution < 1.29 is 4.74 Å². The molecule has 23 heavy (non-hydrogen) atoms. The van der Waals surface area contributed by atoms with Gasteiger partial charge in [-0.15, -0.1) is 0 Å². The molecule has 4 heteroatoms. The van der Waals surface area contributed by atoms with Crippen LogP contribution in [-0.2, 0) is 6.42 Å². The van der Waals surface area contributed by atoms with Crippen molar-refractivity contribution >= 4 is 5.82 Å². The number of aromatic nitrogens is 2. The van der Waals surface area contributed by atoms with Gasteiger partial charge in [-0.25, -0.2) is 4.68 Å². The zero-order chi connectivity index (χ0) is 15.8. The number of benzene rings is 2. The fourth-order valence-corrected chi connectivity index (χ4v) is 3.13. The first kappa shape index (κ1) is 13.9. The Morgan fingerprint density at radius 3 is 2.61 bits per heavy atom. The second-order valence-corrected chi connectivity index (χ2v) is 5.78. The minimum atomic E-state index is 0.863. The van der Waals surface area contributed by atoms with Gasteiger partial charge in [0.1, 0.15) is 11.6 Å². The molecule has 4 rings (SSSR count). The van der Waals surface area contributed by atoms with Crippen molar-refractivity contribution in [1.29, 1.82) is 0 Å². The van der Waals surface area contributed by atoms with E-state index >= 15 is 0 Å². The van der Waals surface area contributed by atoms with E-state index in [-0.39, 0.29) is 0 Å². The van der Waals surface area contributed by atoms with E-state index in [1.54, 1.807) is 7.11 Å². The number of hydrogen-bond acceptors (Lipinski definition) is 3. The molecule has 0 aliphatic carbocycles. The average molecular weight is 305 g/mol. The van der Waals surface area contributed by atoms with Crippen molar-refractivity contribution in [2.24, 2.45) is 0 Å². The van der Waals surface area contributed by atoms with Crippen LogP contribution in [0, 0.1) is 6.92 Å². The smallest absolute Gasteiger partial charge is 0.133 e. The molecule has 0 atom stereocenters. The molecule has 1 aliphatic heterocycles. The van der Waals surface area contributed by atoms with Crippen LogP contribution in [0.3, 0.4) is 0 Å². The Balaban J connectivity index is 1.86. The zero-order valence-corrected chi connectivity index (χ0v) is 13.3. The van der Waals surface area contributed by atoms with Gasteiger partial charge in [-0.2, -0.15) is 5.10 Å². The molecule has 1 aromatic heterocycles. The summed E-state index contributed by atoms with van der Waals surface area (Å²) in [5.41, 5.74) is 5.80. The third kappa shape index (κ3) is 2.27. The molecule has 0 fully saturated rings. The fraction of sp³-hybridized carbons (Fsp3) is 0.211. The summed E-state index contributed by atoms with van der Waals surface area (Å²) in [7, 11) is 1.68. The van der Waals surface area contributed by atoms with Gasteiger partial charge in [0.15, 0.2) is 0 Å². The molecule has 4 nitrogen and oxygen atoms in total. The molecule has 0 unspecified atom stereocenters. The molecule has 0 saturated carbocycles. The number of aryl methyl sites for hydroxylation is 1. The van der Waals surface area contributed by atoms with Gasteiger partial charge < -0.3 is 10.1 Å². The van der Waals surface area contributed by atoms with Crippen LogP contribution in [0.15, 0.2) is 48.5 Å². The predicted molar refractivity (Wildman–Crippen MR) is 92.5 cm³/mol. The molecule has 116 valence electrons. The number of hydrogen-bond donors (Lipinski definition) is 1. The fourth-order valence-electron chi connectivity index (χ4n) is 3.13. The monoisotopic (exact) mass is 305 g/mol. The van der Waals surface area contributed by atoms with E-state index in [2.05, 4.69) is 48.6 Å². The Kier molecular flexibility index (Phi) is 3.30. The first-order chi connectivity index (χ1) is 11.3. The van der Waals surface area contributed by atoms with Crippen LogP contribution >= 0.6 is 0 Å². The topological polar surface area (TPSA) is 39.1 Å². The Morgan fingerprint density at radius 2 is 1.87 bits per heavy atom. The maximum absolute atomic E-state index is 5.25. The van der Waals surface area contributed by atoms with Gasteiger partial charge in [0.2, 0.25) is 0 Å². The van der Waals surface area contributed by atoms with Gasteiger partial charge in [-0.1, -0.05) is 18.2 Å². The summed E-state index contributed by atoms with van der Waals surface area (Å²) in [6.07, 6.45) is 1.00. The summed E-state index contributed by atoms with van der Waals surface area (Å²) in [6.45, 7) is 3.08. The van der Waals surface area contributed by atoms with Crippen LogP contribution in [0.4, 0.5) is 5.82 Å². The first-order valence-electron chi connectivity index (χ1n) is 7.84. The first-order valence-corrected chi connectivity index (χ1v) is 7.84. The van der Waals surface area contributed by atoms with E-state index in [4.69, 9.17) is 9.84 Å². The van der Waals surface area contributed by atoms with Crippen molar-refractivity contribution in [3.05, 3.63) is 59.7 Å². The molecule has 1 N–H and O–H groups in total. The molecule has 1 aliphatic rings. The van der Waals surface area contributed by atoms with Crippen LogP contribution in [0.1, 0.15) is 11.1 Å². The SMILES string of the molecule is COc1ccc(-c2nn(-c3ccccc3C)c3c2CCN3)cc1. The van der Waals surface area contributed by atoms with Crippen LogP contribution in [-0.4, -0.2) is 23.4 Å². The third-order valence-corrected chi connectivity index (χ3v) is 4.36. The van der Waals surface area contributed by atoms with Crippen molar-refractivity contribution in [1.82, 2.24) is 9.78 Å². The number of methoxy groups -OCH3 is 1. The van der Waals surface area contributed by atoms with Crippen LogP contribution < -0.4 is 10.1 Å². The standard InChI is InChI=1S/C19H19N3O/c1-13-5-3-4-6-17(13)22-19-16(11-12-20-19)18(21-22)14-7-9-15(23-2)10-8-14/h3-10,20H,11-12H2,1-2H3. The normalized spacial score (nSPS) is 12.8. The molecular weight excluding hydrogens is 286 g/mol. The minimum Gasteiger partial charge on any atom is -0.497 e. The van der Waals surface area contributed by atoms with Crippen molar-refractivity contribution in [2.45, 2.75) is 13.3 Å². The van der Waals surface area contributed by atoms with Crippen LogP contribution in [0.2, 0.25) is 0 Å². The number of fused-ring (bicyclic) bond motifs is 1. The molecule has 0 spiro atoms. The van der Waals surface area contributed by atoms with E-state index in [0.717, 1.165) is 41.5 Å². The van der Waals surface area contributed by atoms with E-state index in [9.17, 15) is 0 Å². The summed E-state index contributed by atoms with van der Waals surface area (Å²) in [5, 5.41) is 8.38. The highest BCUT2D eigenvalue weighted by Gasteiger charge is 2.24. The van der Waals surface area contributed by atoms with Crippen molar-refractivity contribution in [2.75, 3.05) is 19.0 Å². The van der Waals surface area contributed by atoms with E-state index < -0.39 is 0 Å². The summed E-state index contributed by atoms with van der Waals surface area (Å²) in [6, 6.07) is 16.4. The van der Waals surface area contributed by atoms with Crippen LogP contribution in [0.5, 0.6) is 5.75 Å². The van der Waals surface area contributed by atoms with Crippen LogP contribution in [0.25, 0.3) is 16.9 Å². The predicted octanol–water partition coefficient (Wildman–Crippen LogP) is 3.82. The van der Waals surface area contributed by atoms with Crippen molar-refractivity contribution in [3.63, 3.8) is 0 Å². The highest BCUT2D eigenvalue weighted by molar-refractivity contribution is 5.73. The molecule has 2 aromatic carbocycles. The quantitative estimate of drug-likeness (QED) is 0.799. The summed E-state index contributed by atoms with van der Waals surface area (Å²) < 4.78 is 7.29. The summed E-state index contributed by atoms with van der Waals surface area (Å²) >= 11 is 0. The number of rotatable bonds is 3. The second kappa shape index (κ2) is 5.47. The molecule has 0 saturated heterocycles. The zero-order valence-electron chi connectivity index (χ0n) is 13.3. The number of nitrogens with zero attached hydrogens (tertiary/aromatic N) is 2. The Hall–Kier alpha value is -2.75. The largest absolute Gasteiger partial charge is 0.497 e. The Morgan fingerprint density at radius 1 is 1.09 bits per heavy atom. The maximum atomic E-state index is 5.25. The van der Waals surface area contributed by atoms with Gasteiger partial charge in [0, 0.05) is 17.7 Å². The maximum Gasteiger partial charge on any atom is 0.133 e. The van der Waals surface area contributed by atoms with Gasteiger partial charge in [0.25, 0.3) is 0 Å². The lowest BCUT2D eigenvalue weighted by Gasteiger charge is -2.09. The molecule has 0 bridgehead atoms. The van der Waals surface area contributed by atoms with Gasteiger partial charge in [-0.05, 0) is 49.2 Å². The number of para-hydroxylation sites is 1. The lowest BCUT2D eigenvalue weighted by Crippen LogP contribution is -2.05. The van der Waals surface area contributed by atoms with E-state index in [1.165, 1.54) is 11.1 Å². The molecule has 2 heterocycles. The Bertz CT molecular complexity index is 850. The third-order valence-electron chi connectivity index (χ3n) is 4.36. The van der Waals surface area contributed by atoms with Gasteiger partial charge in [-0.3, -0.25) is 0 Å². The molecular formula is C19H19N3O. The minimum absolute atomic E-state index is 0.863. The molecule has 3 aromatic rings. The lowest BCUT2D eigenvalue weighted by atomic mass is 10.1. The van der Waals surface area contributed by atoms with Crippen molar-refractivity contribution in [3.8, 4) is 22.7 Å². The molecule has 0 radical (unpaired) electrons. The second-order valence-electron chi connectivity index (χ2n) is 5.78. The highest BCUT2D eigenvalue weighted by atomic mass is 16.5. The number of ether oxygens (including phenoxy) is 1. The number of nitrogens with one attached hydrogen (secondary N) is 1. The number of anilines is 1. The van der Waals surface area contributed by atoms with Gasteiger partial charge >= 0.3 is 0 Å².